The topological polar surface area (TPSA) is 27.6 Å². The van der Waals surface area contributed by atoms with Crippen LogP contribution < -0.4 is 5.32 Å². The summed E-state index contributed by atoms with van der Waals surface area (Å²) in [6, 6.07) is 0.624. The Morgan fingerprint density at radius 1 is 1.43 bits per heavy atom. The molecular formula is C11H23N3. The van der Waals surface area contributed by atoms with E-state index in [0.717, 1.165) is 31.5 Å². The minimum atomic E-state index is 0.624. The largest absolute Gasteiger partial charge is 0.357 e. The standard InChI is InChI=1S/C11H23N3/c1-5-12-11(13-6-2)14-8-7-9(3)10(14)4/h9-10H,5-8H2,1-4H3,(H,12,13). The highest BCUT2D eigenvalue weighted by Gasteiger charge is 2.29. The molecule has 3 heteroatoms. The molecule has 0 aromatic rings. The molecule has 1 saturated heterocycles. The third-order valence-corrected chi connectivity index (χ3v) is 3.06. The first-order valence-electron chi connectivity index (χ1n) is 5.75. The Morgan fingerprint density at radius 3 is 2.57 bits per heavy atom. The van der Waals surface area contributed by atoms with Gasteiger partial charge in [0.1, 0.15) is 0 Å². The van der Waals surface area contributed by atoms with E-state index in [1.54, 1.807) is 0 Å². The number of nitrogens with zero attached hydrogens (tertiary/aromatic N) is 2. The summed E-state index contributed by atoms with van der Waals surface area (Å²) in [4.78, 5) is 6.91. The quantitative estimate of drug-likeness (QED) is 0.539. The average molecular weight is 197 g/mol. The summed E-state index contributed by atoms with van der Waals surface area (Å²) < 4.78 is 0. The van der Waals surface area contributed by atoms with Crippen molar-refractivity contribution in [1.82, 2.24) is 10.2 Å². The zero-order chi connectivity index (χ0) is 10.6. The first-order chi connectivity index (χ1) is 6.70. The normalized spacial score (nSPS) is 28.3. The third-order valence-electron chi connectivity index (χ3n) is 3.06. The van der Waals surface area contributed by atoms with Crippen molar-refractivity contribution < 1.29 is 0 Å². The summed E-state index contributed by atoms with van der Waals surface area (Å²) in [7, 11) is 0. The smallest absolute Gasteiger partial charge is 0.194 e. The van der Waals surface area contributed by atoms with Gasteiger partial charge in [-0.15, -0.1) is 0 Å². The van der Waals surface area contributed by atoms with Crippen LogP contribution in [0.3, 0.4) is 0 Å². The molecule has 1 heterocycles. The van der Waals surface area contributed by atoms with Crippen molar-refractivity contribution in [2.24, 2.45) is 10.9 Å². The summed E-state index contributed by atoms with van der Waals surface area (Å²) in [5, 5.41) is 3.35. The monoisotopic (exact) mass is 197 g/mol. The van der Waals surface area contributed by atoms with Crippen LogP contribution in [-0.4, -0.2) is 36.5 Å². The molecule has 1 N–H and O–H groups in total. The van der Waals surface area contributed by atoms with Crippen LogP contribution in [0.2, 0.25) is 0 Å². The molecule has 82 valence electrons. The fraction of sp³-hybridized carbons (Fsp3) is 0.909. The van der Waals surface area contributed by atoms with E-state index in [2.05, 4.69) is 42.9 Å². The van der Waals surface area contributed by atoms with Crippen molar-refractivity contribution in [3.8, 4) is 0 Å². The number of hydrogen-bond donors (Lipinski definition) is 1. The Kier molecular flexibility index (Phi) is 4.23. The van der Waals surface area contributed by atoms with Gasteiger partial charge < -0.3 is 10.2 Å². The molecule has 0 bridgehead atoms. The molecule has 1 rings (SSSR count). The van der Waals surface area contributed by atoms with Gasteiger partial charge in [0.25, 0.3) is 0 Å². The minimum Gasteiger partial charge on any atom is -0.357 e. The maximum atomic E-state index is 4.51. The number of nitrogens with one attached hydrogen (secondary N) is 1. The molecule has 0 amide bonds. The van der Waals surface area contributed by atoms with Crippen molar-refractivity contribution in [2.45, 2.75) is 40.2 Å². The highest BCUT2D eigenvalue weighted by atomic mass is 15.3. The molecule has 0 radical (unpaired) electrons. The maximum Gasteiger partial charge on any atom is 0.194 e. The summed E-state index contributed by atoms with van der Waals surface area (Å²) in [6.07, 6.45) is 1.29. The summed E-state index contributed by atoms with van der Waals surface area (Å²) in [6.45, 7) is 11.8. The number of aliphatic imine (C=N–C) groups is 1. The van der Waals surface area contributed by atoms with Crippen molar-refractivity contribution in [2.75, 3.05) is 19.6 Å². The van der Waals surface area contributed by atoms with Crippen LogP contribution in [0.15, 0.2) is 4.99 Å². The molecular weight excluding hydrogens is 174 g/mol. The van der Waals surface area contributed by atoms with E-state index >= 15 is 0 Å². The van der Waals surface area contributed by atoms with E-state index in [0.29, 0.717) is 6.04 Å². The first kappa shape index (κ1) is 11.3. The SMILES string of the molecule is CCN=C(NCC)N1CCC(C)C1C. The Morgan fingerprint density at radius 2 is 2.14 bits per heavy atom. The van der Waals surface area contributed by atoms with Gasteiger partial charge in [0.15, 0.2) is 5.96 Å². The molecule has 0 spiro atoms. The molecule has 0 saturated carbocycles. The van der Waals surface area contributed by atoms with Crippen molar-refractivity contribution in [3.63, 3.8) is 0 Å². The van der Waals surface area contributed by atoms with E-state index < -0.39 is 0 Å². The Bertz CT molecular complexity index is 201. The number of likely N-dealkylation sites (tertiary alicyclic amines) is 1. The van der Waals surface area contributed by atoms with E-state index in [9.17, 15) is 0 Å². The molecule has 3 nitrogen and oxygen atoms in total. The lowest BCUT2D eigenvalue weighted by atomic mass is 10.1. The van der Waals surface area contributed by atoms with Gasteiger partial charge >= 0.3 is 0 Å². The van der Waals surface area contributed by atoms with Crippen LogP contribution in [0.5, 0.6) is 0 Å². The van der Waals surface area contributed by atoms with E-state index in [1.807, 2.05) is 0 Å². The summed E-state index contributed by atoms with van der Waals surface area (Å²) >= 11 is 0. The fourth-order valence-electron chi connectivity index (χ4n) is 1.95. The minimum absolute atomic E-state index is 0.624. The zero-order valence-corrected chi connectivity index (χ0v) is 9.88. The fourth-order valence-corrected chi connectivity index (χ4v) is 1.95. The van der Waals surface area contributed by atoms with Crippen LogP contribution in [0.1, 0.15) is 34.1 Å². The lowest BCUT2D eigenvalue weighted by molar-refractivity contribution is 0.359. The van der Waals surface area contributed by atoms with Crippen LogP contribution in [0.4, 0.5) is 0 Å². The lowest BCUT2D eigenvalue weighted by Gasteiger charge is -2.27. The van der Waals surface area contributed by atoms with Crippen molar-refractivity contribution >= 4 is 5.96 Å². The Balaban J connectivity index is 2.64. The van der Waals surface area contributed by atoms with E-state index in [4.69, 9.17) is 0 Å². The number of guanidine groups is 1. The second-order valence-corrected chi connectivity index (χ2v) is 4.03. The average Bonchev–Trinajstić information content (AvgIpc) is 2.48. The molecule has 0 aromatic heterocycles. The molecule has 2 atom stereocenters. The zero-order valence-electron chi connectivity index (χ0n) is 9.88. The molecule has 0 aliphatic carbocycles. The van der Waals surface area contributed by atoms with E-state index in [-0.39, 0.29) is 0 Å². The first-order valence-corrected chi connectivity index (χ1v) is 5.75. The van der Waals surface area contributed by atoms with Gasteiger partial charge in [0, 0.05) is 25.7 Å². The Hall–Kier alpha value is -0.730. The van der Waals surface area contributed by atoms with Gasteiger partial charge in [-0.1, -0.05) is 6.92 Å². The van der Waals surface area contributed by atoms with Crippen LogP contribution in [-0.2, 0) is 0 Å². The molecule has 1 aliphatic heterocycles. The highest BCUT2D eigenvalue weighted by Crippen LogP contribution is 2.23. The molecule has 0 aromatic carbocycles. The van der Waals surface area contributed by atoms with E-state index in [1.165, 1.54) is 6.42 Å². The predicted octanol–water partition coefficient (Wildman–Crippen LogP) is 1.70. The second kappa shape index (κ2) is 5.23. The van der Waals surface area contributed by atoms with Crippen LogP contribution in [0, 0.1) is 5.92 Å². The number of rotatable bonds is 2. The molecule has 1 fully saturated rings. The van der Waals surface area contributed by atoms with Gasteiger partial charge in [-0.2, -0.15) is 0 Å². The van der Waals surface area contributed by atoms with Crippen molar-refractivity contribution in [1.29, 1.82) is 0 Å². The third kappa shape index (κ3) is 2.40. The highest BCUT2D eigenvalue weighted by molar-refractivity contribution is 5.80. The van der Waals surface area contributed by atoms with Gasteiger partial charge in [0.2, 0.25) is 0 Å². The van der Waals surface area contributed by atoms with Gasteiger partial charge in [-0.05, 0) is 33.1 Å². The van der Waals surface area contributed by atoms with Crippen molar-refractivity contribution in [3.05, 3.63) is 0 Å². The Labute approximate surface area is 87.6 Å². The second-order valence-electron chi connectivity index (χ2n) is 4.03. The number of hydrogen-bond acceptors (Lipinski definition) is 1. The molecule has 1 aliphatic rings. The van der Waals surface area contributed by atoms with Gasteiger partial charge in [-0.25, -0.2) is 0 Å². The van der Waals surface area contributed by atoms with Gasteiger partial charge in [-0.3, -0.25) is 4.99 Å². The lowest BCUT2D eigenvalue weighted by Crippen LogP contribution is -2.44. The van der Waals surface area contributed by atoms with Gasteiger partial charge in [0.05, 0.1) is 0 Å². The van der Waals surface area contributed by atoms with Crippen LogP contribution in [0.25, 0.3) is 0 Å². The summed E-state index contributed by atoms with van der Waals surface area (Å²) in [5.41, 5.74) is 0. The molecule has 2 unspecified atom stereocenters. The van der Waals surface area contributed by atoms with Crippen LogP contribution >= 0.6 is 0 Å². The predicted molar refractivity (Wildman–Crippen MR) is 61.6 cm³/mol. The maximum absolute atomic E-state index is 4.51. The summed E-state index contributed by atoms with van der Waals surface area (Å²) in [5.74, 6) is 1.88. The molecule has 14 heavy (non-hydrogen) atoms.